The molecule has 2 heterocycles. The summed E-state index contributed by atoms with van der Waals surface area (Å²) in [6.45, 7) is 4.70. The monoisotopic (exact) mass is 216 g/mol. The Morgan fingerprint density at radius 2 is 2.19 bits per heavy atom. The predicted molar refractivity (Wildman–Crippen MR) is 68.0 cm³/mol. The van der Waals surface area contributed by atoms with Gasteiger partial charge in [-0.15, -0.1) is 0 Å². The molecule has 1 saturated heterocycles. The van der Waals surface area contributed by atoms with Crippen molar-refractivity contribution in [1.29, 1.82) is 0 Å². The smallest absolute Gasteiger partial charge is 0.0418 e. The molecule has 2 atom stereocenters. The van der Waals surface area contributed by atoms with Gasteiger partial charge in [0.2, 0.25) is 0 Å². The predicted octanol–water partition coefficient (Wildman–Crippen LogP) is 2.19. The average Bonchev–Trinajstić information content (AvgIpc) is 2.66. The largest absolute Gasteiger partial charge is 0.364 e. The first-order valence-corrected chi connectivity index (χ1v) is 6.43. The zero-order valence-electron chi connectivity index (χ0n) is 9.95. The van der Waals surface area contributed by atoms with Gasteiger partial charge in [0.15, 0.2) is 0 Å². The highest BCUT2D eigenvalue weighted by molar-refractivity contribution is 5.60. The molecule has 0 bridgehead atoms. The molecular weight excluding hydrogens is 196 g/mol. The minimum absolute atomic E-state index is 0.669. The van der Waals surface area contributed by atoms with Gasteiger partial charge in [-0.05, 0) is 44.4 Å². The molecule has 86 valence electrons. The van der Waals surface area contributed by atoms with Crippen LogP contribution in [0.3, 0.4) is 0 Å². The van der Waals surface area contributed by atoms with Crippen LogP contribution in [0.2, 0.25) is 0 Å². The molecule has 2 aliphatic heterocycles. The topological polar surface area (TPSA) is 15.3 Å². The summed E-state index contributed by atoms with van der Waals surface area (Å²) in [5, 5.41) is 3.52. The van der Waals surface area contributed by atoms with Gasteiger partial charge >= 0.3 is 0 Å². The van der Waals surface area contributed by atoms with Crippen LogP contribution >= 0.6 is 0 Å². The lowest BCUT2D eigenvalue weighted by molar-refractivity contribution is 0.416. The summed E-state index contributed by atoms with van der Waals surface area (Å²) in [4.78, 5) is 2.64. The molecule has 1 aromatic carbocycles. The normalized spacial score (nSPS) is 29.2. The fraction of sp³-hybridized carbons (Fsp3) is 0.571. The van der Waals surface area contributed by atoms with E-state index in [0.29, 0.717) is 12.1 Å². The number of rotatable bonds is 1. The van der Waals surface area contributed by atoms with Crippen molar-refractivity contribution in [3.8, 4) is 0 Å². The van der Waals surface area contributed by atoms with Crippen molar-refractivity contribution < 1.29 is 0 Å². The molecule has 16 heavy (non-hydrogen) atoms. The van der Waals surface area contributed by atoms with Crippen molar-refractivity contribution in [1.82, 2.24) is 5.32 Å². The van der Waals surface area contributed by atoms with Crippen LogP contribution in [0, 0.1) is 0 Å². The molecule has 3 rings (SSSR count). The zero-order chi connectivity index (χ0) is 11.0. The Labute approximate surface area is 97.6 Å². The van der Waals surface area contributed by atoms with Gasteiger partial charge < -0.3 is 10.2 Å². The van der Waals surface area contributed by atoms with Gasteiger partial charge in [-0.3, -0.25) is 0 Å². The Bertz CT molecular complexity index is 369. The molecule has 0 radical (unpaired) electrons. The van der Waals surface area contributed by atoms with Gasteiger partial charge in [0.25, 0.3) is 0 Å². The maximum atomic E-state index is 3.52. The van der Waals surface area contributed by atoms with Gasteiger partial charge in [-0.25, -0.2) is 0 Å². The summed E-state index contributed by atoms with van der Waals surface area (Å²) >= 11 is 0. The summed E-state index contributed by atoms with van der Waals surface area (Å²) in [6, 6.07) is 10.3. The van der Waals surface area contributed by atoms with Gasteiger partial charge in [0, 0.05) is 24.3 Å². The van der Waals surface area contributed by atoms with Crippen LogP contribution in [0.1, 0.15) is 25.3 Å². The number of anilines is 1. The Morgan fingerprint density at radius 3 is 3.00 bits per heavy atom. The highest BCUT2D eigenvalue weighted by atomic mass is 15.2. The van der Waals surface area contributed by atoms with E-state index in [0.717, 1.165) is 6.54 Å². The first kappa shape index (κ1) is 10.2. The molecular formula is C14H20N2. The van der Waals surface area contributed by atoms with E-state index in [4.69, 9.17) is 0 Å². The van der Waals surface area contributed by atoms with Crippen molar-refractivity contribution in [2.24, 2.45) is 0 Å². The quantitative estimate of drug-likeness (QED) is 0.774. The molecule has 0 amide bonds. The van der Waals surface area contributed by atoms with E-state index in [2.05, 4.69) is 41.4 Å². The maximum Gasteiger partial charge on any atom is 0.0418 e. The van der Waals surface area contributed by atoms with Crippen molar-refractivity contribution in [2.45, 2.75) is 38.3 Å². The Kier molecular flexibility index (Phi) is 2.60. The van der Waals surface area contributed by atoms with Crippen LogP contribution in [0.15, 0.2) is 24.3 Å². The molecule has 0 aromatic heterocycles. The van der Waals surface area contributed by atoms with Crippen molar-refractivity contribution >= 4 is 5.69 Å². The molecule has 1 aromatic rings. The van der Waals surface area contributed by atoms with E-state index in [1.165, 1.54) is 37.1 Å². The molecule has 2 nitrogen and oxygen atoms in total. The summed E-state index contributed by atoms with van der Waals surface area (Å²) in [7, 11) is 0. The number of hydrogen-bond acceptors (Lipinski definition) is 2. The third kappa shape index (κ3) is 1.61. The van der Waals surface area contributed by atoms with E-state index in [9.17, 15) is 0 Å². The second-order valence-corrected chi connectivity index (χ2v) is 5.09. The molecule has 0 spiro atoms. The summed E-state index contributed by atoms with van der Waals surface area (Å²) in [6.07, 6.45) is 3.87. The Hall–Kier alpha value is -1.02. The molecule has 2 heteroatoms. The van der Waals surface area contributed by atoms with E-state index >= 15 is 0 Å². The molecule has 0 aliphatic carbocycles. The molecule has 2 aliphatic rings. The third-order valence-electron chi connectivity index (χ3n) is 3.92. The van der Waals surface area contributed by atoms with Crippen LogP contribution < -0.4 is 10.2 Å². The first-order chi connectivity index (χ1) is 7.86. The van der Waals surface area contributed by atoms with Crippen LogP contribution in [0.25, 0.3) is 0 Å². The van der Waals surface area contributed by atoms with E-state index in [-0.39, 0.29) is 0 Å². The fourth-order valence-electron chi connectivity index (χ4n) is 3.22. The maximum absolute atomic E-state index is 3.52. The first-order valence-electron chi connectivity index (χ1n) is 6.43. The van der Waals surface area contributed by atoms with Gasteiger partial charge in [-0.1, -0.05) is 18.2 Å². The van der Waals surface area contributed by atoms with Crippen molar-refractivity contribution in [3.05, 3.63) is 29.8 Å². The van der Waals surface area contributed by atoms with Crippen molar-refractivity contribution in [2.75, 3.05) is 18.0 Å². The lowest BCUT2D eigenvalue weighted by Gasteiger charge is -2.37. The molecule has 1 fully saturated rings. The number of nitrogens with zero attached hydrogens (tertiary/aromatic N) is 1. The van der Waals surface area contributed by atoms with Crippen molar-refractivity contribution in [3.63, 3.8) is 0 Å². The van der Waals surface area contributed by atoms with Gasteiger partial charge in [0.1, 0.15) is 0 Å². The number of nitrogens with one attached hydrogen (secondary N) is 1. The Morgan fingerprint density at radius 1 is 1.31 bits per heavy atom. The summed E-state index contributed by atoms with van der Waals surface area (Å²) in [5.74, 6) is 0. The summed E-state index contributed by atoms with van der Waals surface area (Å²) in [5.41, 5.74) is 3.00. The minimum Gasteiger partial charge on any atom is -0.364 e. The molecule has 2 unspecified atom stereocenters. The average molecular weight is 216 g/mol. The standard InChI is InChI=1S/C14H20N2/c1-11-9-12-5-2-3-7-14(12)16(11)13-6-4-8-15-10-13/h2-3,5,7,11,13,15H,4,6,8-10H2,1H3. The lowest BCUT2D eigenvalue weighted by atomic mass is 10.0. The number of piperidine rings is 1. The molecule has 0 saturated carbocycles. The van der Waals surface area contributed by atoms with E-state index in [1.807, 2.05) is 0 Å². The minimum atomic E-state index is 0.669. The van der Waals surface area contributed by atoms with Gasteiger partial charge in [0.05, 0.1) is 0 Å². The SMILES string of the molecule is CC1Cc2ccccc2N1C1CCCNC1. The number of benzene rings is 1. The number of fused-ring (bicyclic) bond motifs is 1. The lowest BCUT2D eigenvalue weighted by Crippen LogP contribution is -2.48. The van der Waals surface area contributed by atoms with Crippen LogP contribution in [0.4, 0.5) is 5.69 Å². The highest BCUT2D eigenvalue weighted by Crippen LogP contribution is 2.34. The number of hydrogen-bond donors (Lipinski definition) is 1. The molecule has 1 N–H and O–H groups in total. The highest BCUT2D eigenvalue weighted by Gasteiger charge is 2.31. The van der Waals surface area contributed by atoms with Crippen LogP contribution in [-0.4, -0.2) is 25.2 Å². The zero-order valence-corrected chi connectivity index (χ0v) is 9.95. The Balaban J connectivity index is 1.89. The van der Waals surface area contributed by atoms with E-state index < -0.39 is 0 Å². The van der Waals surface area contributed by atoms with E-state index in [1.54, 1.807) is 0 Å². The number of para-hydroxylation sites is 1. The van der Waals surface area contributed by atoms with Gasteiger partial charge in [-0.2, -0.15) is 0 Å². The third-order valence-corrected chi connectivity index (χ3v) is 3.92. The second kappa shape index (κ2) is 4.10. The van der Waals surface area contributed by atoms with Crippen LogP contribution in [-0.2, 0) is 6.42 Å². The summed E-state index contributed by atoms with van der Waals surface area (Å²) < 4.78 is 0. The fourth-order valence-corrected chi connectivity index (χ4v) is 3.22. The van der Waals surface area contributed by atoms with Crippen LogP contribution in [0.5, 0.6) is 0 Å². The second-order valence-electron chi connectivity index (χ2n) is 5.09.